The second-order valence-corrected chi connectivity index (χ2v) is 6.44. The zero-order chi connectivity index (χ0) is 16.9. The summed E-state index contributed by atoms with van der Waals surface area (Å²) in [4.78, 5) is 28.1. The summed E-state index contributed by atoms with van der Waals surface area (Å²) in [5, 5.41) is 3.36. The lowest BCUT2D eigenvalue weighted by Gasteiger charge is -2.32. The summed E-state index contributed by atoms with van der Waals surface area (Å²) in [5.74, 6) is 0.569. The molecule has 130 valence electrons. The maximum atomic E-state index is 12.4. The van der Waals surface area contributed by atoms with Crippen LogP contribution in [0.3, 0.4) is 0 Å². The molecule has 1 atom stereocenters. The number of piperazine rings is 1. The first-order chi connectivity index (χ1) is 11.6. The maximum Gasteiger partial charge on any atom is 0.260 e. The highest BCUT2D eigenvalue weighted by atomic mass is 16.5. The fourth-order valence-electron chi connectivity index (χ4n) is 3.35. The van der Waals surface area contributed by atoms with Gasteiger partial charge in [0, 0.05) is 50.9 Å². The van der Waals surface area contributed by atoms with Gasteiger partial charge in [-0.3, -0.25) is 14.5 Å². The maximum absolute atomic E-state index is 12.4. The third-order valence-electron chi connectivity index (χ3n) is 4.79. The Balaban J connectivity index is 1.49. The Bertz CT molecular complexity index is 599. The summed E-state index contributed by atoms with van der Waals surface area (Å²) in [6.07, 6.45) is 1.03. The third-order valence-corrected chi connectivity index (χ3v) is 4.79. The van der Waals surface area contributed by atoms with Gasteiger partial charge in [-0.2, -0.15) is 0 Å². The van der Waals surface area contributed by atoms with Crippen molar-refractivity contribution in [2.24, 2.45) is 0 Å². The lowest BCUT2D eigenvalue weighted by Crippen LogP contribution is -2.49. The predicted octanol–water partition coefficient (Wildman–Crippen LogP) is 0.774. The molecule has 2 saturated heterocycles. The number of benzene rings is 1. The summed E-state index contributed by atoms with van der Waals surface area (Å²) in [6.45, 7) is 7.29. The molecule has 24 heavy (non-hydrogen) atoms. The first-order valence-electron chi connectivity index (χ1n) is 8.60. The minimum atomic E-state index is -0.00909. The van der Waals surface area contributed by atoms with Crippen LogP contribution in [-0.4, -0.2) is 73.4 Å². The Labute approximate surface area is 142 Å². The summed E-state index contributed by atoms with van der Waals surface area (Å²) in [7, 11) is 0. The first kappa shape index (κ1) is 16.9. The van der Waals surface area contributed by atoms with E-state index in [0.717, 1.165) is 45.7 Å². The average molecular weight is 331 g/mol. The largest absolute Gasteiger partial charge is 0.484 e. The van der Waals surface area contributed by atoms with Crippen LogP contribution >= 0.6 is 0 Å². The molecule has 1 unspecified atom stereocenters. The predicted molar refractivity (Wildman–Crippen MR) is 91.4 cm³/mol. The van der Waals surface area contributed by atoms with E-state index in [1.807, 2.05) is 4.90 Å². The number of likely N-dealkylation sites (tertiary alicyclic amines) is 1. The SMILES string of the molecule is CC(=O)c1cccc(OCC(=O)N2CCC(N3CCNCC3)C2)c1. The van der Waals surface area contributed by atoms with E-state index in [-0.39, 0.29) is 18.3 Å². The topological polar surface area (TPSA) is 61.9 Å². The van der Waals surface area contributed by atoms with Gasteiger partial charge in [0.25, 0.3) is 5.91 Å². The van der Waals surface area contributed by atoms with E-state index in [9.17, 15) is 9.59 Å². The fourth-order valence-corrected chi connectivity index (χ4v) is 3.35. The summed E-state index contributed by atoms with van der Waals surface area (Å²) >= 11 is 0. The molecular weight excluding hydrogens is 306 g/mol. The van der Waals surface area contributed by atoms with Gasteiger partial charge < -0.3 is 15.0 Å². The quantitative estimate of drug-likeness (QED) is 0.808. The lowest BCUT2D eigenvalue weighted by molar-refractivity contribution is -0.132. The van der Waals surface area contributed by atoms with Crippen molar-refractivity contribution in [2.75, 3.05) is 45.9 Å². The lowest BCUT2D eigenvalue weighted by atomic mass is 10.1. The standard InChI is InChI=1S/C18H25N3O3/c1-14(22)15-3-2-4-17(11-15)24-13-18(23)21-8-5-16(12-21)20-9-6-19-7-10-20/h2-4,11,16,19H,5-10,12-13H2,1H3. The molecule has 1 N–H and O–H groups in total. The van der Waals surface area contributed by atoms with E-state index >= 15 is 0 Å². The normalized spacial score (nSPS) is 21.7. The van der Waals surface area contributed by atoms with Crippen LogP contribution in [0.15, 0.2) is 24.3 Å². The average Bonchev–Trinajstić information content (AvgIpc) is 3.11. The second kappa shape index (κ2) is 7.77. The van der Waals surface area contributed by atoms with Crippen LogP contribution in [-0.2, 0) is 4.79 Å². The van der Waals surface area contributed by atoms with Crippen LogP contribution in [0.25, 0.3) is 0 Å². The zero-order valence-corrected chi connectivity index (χ0v) is 14.2. The van der Waals surface area contributed by atoms with Gasteiger partial charge in [-0.25, -0.2) is 0 Å². The number of nitrogens with zero attached hydrogens (tertiary/aromatic N) is 2. The van der Waals surface area contributed by atoms with Gasteiger partial charge >= 0.3 is 0 Å². The van der Waals surface area contributed by atoms with Crippen LogP contribution in [0.5, 0.6) is 5.75 Å². The van der Waals surface area contributed by atoms with Crippen molar-refractivity contribution in [1.29, 1.82) is 0 Å². The number of ether oxygens (including phenoxy) is 1. The smallest absolute Gasteiger partial charge is 0.260 e. The Morgan fingerprint density at radius 3 is 2.79 bits per heavy atom. The van der Waals surface area contributed by atoms with E-state index in [1.165, 1.54) is 6.92 Å². The second-order valence-electron chi connectivity index (χ2n) is 6.44. The van der Waals surface area contributed by atoms with Crippen LogP contribution in [0.4, 0.5) is 0 Å². The molecule has 1 amide bonds. The first-order valence-corrected chi connectivity index (χ1v) is 8.60. The van der Waals surface area contributed by atoms with Crippen molar-refractivity contribution in [1.82, 2.24) is 15.1 Å². The fraction of sp³-hybridized carbons (Fsp3) is 0.556. The number of Topliss-reactive ketones (excluding diaryl/α,β-unsaturated/α-hetero) is 1. The highest BCUT2D eigenvalue weighted by molar-refractivity contribution is 5.94. The van der Waals surface area contributed by atoms with E-state index < -0.39 is 0 Å². The van der Waals surface area contributed by atoms with E-state index in [1.54, 1.807) is 24.3 Å². The van der Waals surface area contributed by atoms with Crippen molar-refractivity contribution in [3.8, 4) is 5.75 Å². The molecule has 0 aromatic heterocycles. The Hall–Kier alpha value is -1.92. The molecule has 0 saturated carbocycles. The number of rotatable bonds is 5. The molecule has 2 aliphatic heterocycles. The molecule has 2 aliphatic rings. The number of hydrogen-bond donors (Lipinski definition) is 1. The molecule has 0 bridgehead atoms. The van der Waals surface area contributed by atoms with Crippen molar-refractivity contribution >= 4 is 11.7 Å². The highest BCUT2D eigenvalue weighted by Crippen LogP contribution is 2.18. The molecular formula is C18H25N3O3. The van der Waals surface area contributed by atoms with Gasteiger partial charge in [-0.05, 0) is 25.5 Å². The highest BCUT2D eigenvalue weighted by Gasteiger charge is 2.30. The number of hydrogen-bond acceptors (Lipinski definition) is 5. The van der Waals surface area contributed by atoms with Gasteiger partial charge in [0.05, 0.1) is 0 Å². The molecule has 0 aliphatic carbocycles. The minimum Gasteiger partial charge on any atom is -0.484 e. The Morgan fingerprint density at radius 1 is 1.25 bits per heavy atom. The van der Waals surface area contributed by atoms with E-state index in [2.05, 4.69) is 10.2 Å². The molecule has 6 heteroatoms. The Kier molecular flexibility index (Phi) is 5.48. The van der Waals surface area contributed by atoms with Crippen LogP contribution in [0, 0.1) is 0 Å². The summed E-state index contributed by atoms with van der Waals surface area (Å²) < 4.78 is 5.58. The van der Waals surface area contributed by atoms with Crippen LogP contribution < -0.4 is 10.1 Å². The molecule has 2 fully saturated rings. The van der Waals surface area contributed by atoms with E-state index in [4.69, 9.17) is 4.74 Å². The summed E-state index contributed by atoms with van der Waals surface area (Å²) in [6, 6.07) is 7.44. The van der Waals surface area contributed by atoms with E-state index in [0.29, 0.717) is 17.4 Å². The van der Waals surface area contributed by atoms with Crippen molar-refractivity contribution in [3.05, 3.63) is 29.8 Å². The van der Waals surface area contributed by atoms with Gasteiger partial charge in [0.1, 0.15) is 5.75 Å². The summed E-state index contributed by atoms with van der Waals surface area (Å²) in [5.41, 5.74) is 0.597. The number of amides is 1. The molecule has 6 nitrogen and oxygen atoms in total. The molecule has 0 spiro atoms. The number of carbonyl (C=O) groups is 2. The molecule has 1 aromatic rings. The molecule has 0 radical (unpaired) electrons. The third kappa shape index (κ3) is 4.13. The number of carbonyl (C=O) groups excluding carboxylic acids is 2. The van der Waals surface area contributed by atoms with Crippen molar-refractivity contribution in [3.63, 3.8) is 0 Å². The van der Waals surface area contributed by atoms with Crippen LogP contribution in [0.1, 0.15) is 23.7 Å². The van der Waals surface area contributed by atoms with Gasteiger partial charge in [-0.15, -0.1) is 0 Å². The van der Waals surface area contributed by atoms with Crippen molar-refractivity contribution < 1.29 is 14.3 Å². The zero-order valence-electron chi connectivity index (χ0n) is 14.2. The molecule has 2 heterocycles. The minimum absolute atomic E-state index is 0.00909. The number of ketones is 1. The van der Waals surface area contributed by atoms with Crippen molar-refractivity contribution in [2.45, 2.75) is 19.4 Å². The molecule has 1 aromatic carbocycles. The van der Waals surface area contributed by atoms with Gasteiger partial charge in [-0.1, -0.05) is 12.1 Å². The van der Waals surface area contributed by atoms with Gasteiger partial charge in [0.2, 0.25) is 0 Å². The number of nitrogens with one attached hydrogen (secondary N) is 1. The Morgan fingerprint density at radius 2 is 2.04 bits per heavy atom. The monoisotopic (exact) mass is 331 g/mol. The van der Waals surface area contributed by atoms with Crippen LogP contribution in [0.2, 0.25) is 0 Å². The molecule has 3 rings (SSSR count). The van der Waals surface area contributed by atoms with Gasteiger partial charge in [0.15, 0.2) is 12.4 Å².